The Hall–Kier alpha value is -0.610. The molecule has 1 amide bonds. The van der Waals surface area contributed by atoms with Crippen LogP contribution in [0.3, 0.4) is 0 Å². The molecule has 106 valence electrons. The molecule has 4 nitrogen and oxygen atoms in total. The van der Waals surface area contributed by atoms with Crippen molar-refractivity contribution in [1.82, 2.24) is 5.32 Å². The van der Waals surface area contributed by atoms with Crippen LogP contribution in [0.5, 0.6) is 0 Å². The Morgan fingerprint density at radius 1 is 1.39 bits per heavy atom. The van der Waals surface area contributed by atoms with Crippen LogP contribution in [0.15, 0.2) is 0 Å². The number of aliphatic hydroxyl groups excluding tert-OH is 1. The van der Waals surface area contributed by atoms with Crippen molar-refractivity contribution in [2.75, 3.05) is 13.2 Å². The first-order valence-corrected chi connectivity index (χ1v) is 7.33. The van der Waals surface area contributed by atoms with Gasteiger partial charge in [-0.25, -0.2) is 0 Å². The quantitative estimate of drug-likeness (QED) is 0.645. The molecule has 4 heteroatoms. The molecule has 1 saturated carbocycles. The summed E-state index contributed by atoms with van der Waals surface area (Å²) in [7, 11) is 0. The van der Waals surface area contributed by atoms with Crippen molar-refractivity contribution < 1.29 is 9.90 Å². The highest BCUT2D eigenvalue weighted by atomic mass is 16.3. The third-order valence-electron chi connectivity index (χ3n) is 4.04. The van der Waals surface area contributed by atoms with E-state index in [0.29, 0.717) is 18.4 Å². The van der Waals surface area contributed by atoms with E-state index in [-0.39, 0.29) is 18.6 Å². The van der Waals surface area contributed by atoms with Crippen LogP contribution in [0.1, 0.15) is 51.9 Å². The molecule has 1 rings (SSSR count). The minimum Gasteiger partial charge on any atom is -0.396 e. The Morgan fingerprint density at radius 3 is 2.67 bits per heavy atom. The van der Waals surface area contributed by atoms with Crippen molar-refractivity contribution in [2.24, 2.45) is 17.6 Å². The number of nitrogens with one attached hydrogen (secondary N) is 1. The monoisotopic (exact) mass is 256 g/mol. The zero-order valence-corrected chi connectivity index (χ0v) is 11.5. The number of aliphatic hydroxyl groups is 1. The van der Waals surface area contributed by atoms with Crippen LogP contribution in [0.25, 0.3) is 0 Å². The Labute approximate surface area is 110 Å². The number of hydrogen-bond donors (Lipinski definition) is 3. The van der Waals surface area contributed by atoms with Gasteiger partial charge >= 0.3 is 0 Å². The Bertz CT molecular complexity index is 246. The molecule has 1 aliphatic carbocycles. The number of carbonyl (C=O) groups is 1. The molecule has 18 heavy (non-hydrogen) atoms. The van der Waals surface area contributed by atoms with Crippen molar-refractivity contribution in [3.05, 3.63) is 0 Å². The number of carbonyl (C=O) groups excluding carboxylic acids is 1. The lowest BCUT2D eigenvalue weighted by Gasteiger charge is -2.30. The maximum atomic E-state index is 11.8. The fourth-order valence-electron chi connectivity index (χ4n) is 2.71. The van der Waals surface area contributed by atoms with Crippen LogP contribution in [-0.4, -0.2) is 30.2 Å². The Morgan fingerprint density at radius 2 is 2.06 bits per heavy atom. The summed E-state index contributed by atoms with van der Waals surface area (Å²) in [6, 6.07) is -0.374. The normalized spacial score (nSPS) is 25.7. The summed E-state index contributed by atoms with van der Waals surface area (Å²) >= 11 is 0. The van der Waals surface area contributed by atoms with Crippen LogP contribution in [0, 0.1) is 11.8 Å². The zero-order valence-electron chi connectivity index (χ0n) is 11.5. The summed E-state index contributed by atoms with van der Waals surface area (Å²) < 4.78 is 0. The van der Waals surface area contributed by atoms with Gasteiger partial charge in [0.1, 0.15) is 0 Å². The summed E-state index contributed by atoms with van der Waals surface area (Å²) in [5.74, 6) is 0.739. The molecule has 0 aromatic rings. The number of hydrogen-bond acceptors (Lipinski definition) is 3. The van der Waals surface area contributed by atoms with Gasteiger partial charge in [-0.15, -0.1) is 0 Å². The molecule has 0 aliphatic heterocycles. The average molecular weight is 256 g/mol. The van der Waals surface area contributed by atoms with E-state index in [1.807, 2.05) is 0 Å². The average Bonchev–Trinajstić information content (AvgIpc) is 2.42. The smallest absolute Gasteiger partial charge is 0.236 e. The molecule has 0 radical (unpaired) electrons. The number of nitrogens with two attached hydrogens (primary N) is 1. The molecule has 0 bridgehead atoms. The van der Waals surface area contributed by atoms with Gasteiger partial charge in [0.2, 0.25) is 5.91 Å². The second-order valence-electron chi connectivity index (χ2n) is 5.48. The first kappa shape index (κ1) is 15.4. The van der Waals surface area contributed by atoms with Crippen LogP contribution < -0.4 is 11.1 Å². The molecule has 0 aromatic heterocycles. The molecular formula is C14H28N2O2. The summed E-state index contributed by atoms with van der Waals surface area (Å²) in [5, 5.41) is 12.3. The molecule has 2 unspecified atom stereocenters. The van der Waals surface area contributed by atoms with Gasteiger partial charge in [0.25, 0.3) is 0 Å². The third kappa shape index (κ3) is 4.94. The summed E-state index contributed by atoms with van der Waals surface area (Å²) in [5.41, 5.74) is 5.82. The number of unbranched alkanes of at least 4 members (excludes halogenated alkanes) is 1. The van der Waals surface area contributed by atoms with Gasteiger partial charge in [-0.1, -0.05) is 32.6 Å². The fraction of sp³-hybridized carbons (Fsp3) is 0.929. The molecular weight excluding hydrogens is 228 g/mol. The second kappa shape index (κ2) is 8.48. The Kier molecular flexibility index (Phi) is 7.28. The number of amides is 1. The third-order valence-corrected chi connectivity index (χ3v) is 4.04. The minimum absolute atomic E-state index is 0.0364. The van der Waals surface area contributed by atoms with Gasteiger partial charge < -0.3 is 16.2 Å². The van der Waals surface area contributed by atoms with E-state index in [4.69, 9.17) is 5.73 Å². The minimum atomic E-state index is -0.374. The van der Waals surface area contributed by atoms with E-state index in [1.54, 1.807) is 0 Å². The first-order valence-electron chi connectivity index (χ1n) is 7.33. The van der Waals surface area contributed by atoms with Crippen molar-refractivity contribution >= 4 is 5.91 Å². The lowest BCUT2D eigenvalue weighted by Crippen LogP contribution is -2.44. The largest absolute Gasteiger partial charge is 0.396 e. The molecule has 1 fully saturated rings. The lowest BCUT2D eigenvalue weighted by molar-refractivity contribution is -0.122. The Balaban J connectivity index is 2.27. The maximum Gasteiger partial charge on any atom is 0.236 e. The number of rotatable bonds is 7. The van der Waals surface area contributed by atoms with Crippen LogP contribution in [0.4, 0.5) is 0 Å². The van der Waals surface area contributed by atoms with E-state index in [2.05, 4.69) is 12.2 Å². The molecule has 0 aromatic carbocycles. The molecule has 3 atom stereocenters. The fourth-order valence-corrected chi connectivity index (χ4v) is 2.71. The SMILES string of the molecule is CCCC[C@H](N)C(=O)NCC1CCCCC1CO. The highest BCUT2D eigenvalue weighted by Gasteiger charge is 2.25. The summed E-state index contributed by atoms with van der Waals surface area (Å²) in [6.45, 7) is 3.00. The topological polar surface area (TPSA) is 75.4 Å². The maximum absolute atomic E-state index is 11.8. The van der Waals surface area contributed by atoms with E-state index in [1.165, 1.54) is 12.8 Å². The lowest BCUT2D eigenvalue weighted by atomic mass is 9.79. The molecule has 1 aliphatic rings. The van der Waals surface area contributed by atoms with Crippen molar-refractivity contribution in [3.63, 3.8) is 0 Å². The van der Waals surface area contributed by atoms with Gasteiger partial charge in [-0.2, -0.15) is 0 Å². The standard InChI is InChI=1S/C14H28N2O2/c1-2-3-8-13(15)14(18)16-9-11-6-4-5-7-12(11)10-17/h11-13,17H,2-10,15H2,1H3,(H,16,18)/t11?,12?,13-/m0/s1. The van der Waals surface area contributed by atoms with Gasteiger partial charge in [-0.3, -0.25) is 4.79 Å². The predicted molar refractivity (Wildman–Crippen MR) is 73.0 cm³/mol. The van der Waals surface area contributed by atoms with E-state index in [9.17, 15) is 9.90 Å². The highest BCUT2D eigenvalue weighted by molar-refractivity contribution is 5.81. The first-order chi connectivity index (χ1) is 8.69. The van der Waals surface area contributed by atoms with Crippen molar-refractivity contribution in [1.29, 1.82) is 0 Å². The van der Waals surface area contributed by atoms with Gasteiger partial charge in [-0.05, 0) is 31.1 Å². The predicted octanol–water partition coefficient (Wildman–Crippen LogP) is 1.42. The van der Waals surface area contributed by atoms with Crippen molar-refractivity contribution in [2.45, 2.75) is 57.9 Å². The van der Waals surface area contributed by atoms with Gasteiger partial charge in [0, 0.05) is 13.2 Å². The summed E-state index contributed by atoms with van der Waals surface area (Å²) in [4.78, 5) is 11.8. The summed E-state index contributed by atoms with van der Waals surface area (Å²) in [6.07, 6.45) is 7.42. The van der Waals surface area contributed by atoms with Crippen LogP contribution in [-0.2, 0) is 4.79 Å². The van der Waals surface area contributed by atoms with Gasteiger partial charge in [0.05, 0.1) is 6.04 Å². The van der Waals surface area contributed by atoms with E-state index < -0.39 is 0 Å². The molecule has 4 N–H and O–H groups in total. The van der Waals surface area contributed by atoms with E-state index >= 15 is 0 Å². The van der Waals surface area contributed by atoms with Gasteiger partial charge in [0.15, 0.2) is 0 Å². The zero-order chi connectivity index (χ0) is 13.4. The second-order valence-corrected chi connectivity index (χ2v) is 5.48. The molecule has 0 spiro atoms. The van der Waals surface area contributed by atoms with Crippen LogP contribution in [0.2, 0.25) is 0 Å². The molecule has 0 saturated heterocycles. The van der Waals surface area contributed by atoms with Crippen molar-refractivity contribution in [3.8, 4) is 0 Å². The highest BCUT2D eigenvalue weighted by Crippen LogP contribution is 2.29. The van der Waals surface area contributed by atoms with E-state index in [0.717, 1.165) is 32.1 Å². The molecule has 0 heterocycles. The van der Waals surface area contributed by atoms with Crippen LogP contribution >= 0.6 is 0 Å².